The second-order valence-corrected chi connectivity index (χ2v) is 6.80. The lowest BCUT2D eigenvalue weighted by Crippen LogP contribution is -2.35. The Balaban J connectivity index is 1.85. The summed E-state index contributed by atoms with van der Waals surface area (Å²) in [5, 5.41) is 12.3. The molecule has 2 N–H and O–H groups in total. The maximum absolute atomic E-state index is 12.8. The van der Waals surface area contributed by atoms with Crippen LogP contribution in [0.15, 0.2) is 18.2 Å². The molecule has 7 nitrogen and oxygen atoms in total. The van der Waals surface area contributed by atoms with Gasteiger partial charge in [0.25, 0.3) is 5.91 Å². The Kier molecular flexibility index (Phi) is 4.13. The van der Waals surface area contributed by atoms with Crippen LogP contribution in [0.4, 0.5) is 10.5 Å². The third kappa shape index (κ3) is 2.80. The number of hydrogen-bond donors (Lipinski definition) is 2. The standard InChI is InChI=1S/C16H18ClN3O4/c1-16(14(22)23)4-6-19(9-16)13(21)11-8-10(2-3-12(11)17)20-7-5-18-15(20)24/h2-3,8H,4-7,9H2,1H3,(H,18,24)(H,22,23)/t16-/m0/s1. The number of hydrogen-bond acceptors (Lipinski definition) is 3. The van der Waals surface area contributed by atoms with Gasteiger partial charge in [0.2, 0.25) is 0 Å². The molecule has 128 valence electrons. The molecule has 0 radical (unpaired) electrons. The number of aliphatic carboxylic acids is 1. The first-order valence-corrected chi connectivity index (χ1v) is 8.07. The van der Waals surface area contributed by atoms with Gasteiger partial charge < -0.3 is 15.3 Å². The summed E-state index contributed by atoms with van der Waals surface area (Å²) < 4.78 is 0. The van der Waals surface area contributed by atoms with Crippen molar-refractivity contribution in [3.63, 3.8) is 0 Å². The highest BCUT2D eigenvalue weighted by Gasteiger charge is 2.42. The van der Waals surface area contributed by atoms with Gasteiger partial charge in [-0.2, -0.15) is 0 Å². The summed E-state index contributed by atoms with van der Waals surface area (Å²) in [6, 6.07) is 4.65. The molecule has 2 saturated heterocycles. The highest BCUT2D eigenvalue weighted by atomic mass is 35.5. The Morgan fingerprint density at radius 1 is 1.33 bits per heavy atom. The number of carbonyl (C=O) groups is 3. The van der Waals surface area contributed by atoms with Gasteiger partial charge in [-0.1, -0.05) is 11.6 Å². The summed E-state index contributed by atoms with van der Waals surface area (Å²) in [6.07, 6.45) is 0.403. The molecular formula is C16H18ClN3O4. The highest BCUT2D eigenvalue weighted by molar-refractivity contribution is 6.34. The van der Waals surface area contributed by atoms with Crippen molar-refractivity contribution in [2.75, 3.05) is 31.1 Å². The third-order valence-electron chi connectivity index (χ3n) is 4.63. The molecule has 0 bridgehead atoms. The van der Waals surface area contributed by atoms with Crippen molar-refractivity contribution in [2.24, 2.45) is 5.41 Å². The lowest BCUT2D eigenvalue weighted by Gasteiger charge is -2.21. The van der Waals surface area contributed by atoms with Crippen LogP contribution < -0.4 is 10.2 Å². The van der Waals surface area contributed by atoms with Gasteiger partial charge in [-0.25, -0.2) is 4.79 Å². The average Bonchev–Trinajstić information content (AvgIpc) is 3.14. The van der Waals surface area contributed by atoms with Gasteiger partial charge in [-0.3, -0.25) is 14.5 Å². The number of likely N-dealkylation sites (tertiary alicyclic amines) is 1. The number of urea groups is 1. The van der Waals surface area contributed by atoms with Gasteiger partial charge in [0.1, 0.15) is 0 Å². The average molecular weight is 352 g/mol. The zero-order valence-electron chi connectivity index (χ0n) is 13.2. The molecule has 0 saturated carbocycles. The highest BCUT2D eigenvalue weighted by Crippen LogP contribution is 2.33. The van der Waals surface area contributed by atoms with Crippen molar-refractivity contribution in [3.8, 4) is 0 Å². The summed E-state index contributed by atoms with van der Waals surface area (Å²) >= 11 is 6.16. The molecule has 0 aromatic heterocycles. The van der Waals surface area contributed by atoms with Gasteiger partial charge in [-0.15, -0.1) is 0 Å². The van der Waals surface area contributed by atoms with E-state index in [0.717, 1.165) is 0 Å². The summed E-state index contributed by atoms with van der Waals surface area (Å²) in [4.78, 5) is 38.9. The predicted octanol–water partition coefficient (Wildman–Crippen LogP) is 1.81. The third-order valence-corrected chi connectivity index (χ3v) is 4.96. The number of nitrogens with zero attached hydrogens (tertiary/aromatic N) is 2. The summed E-state index contributed by atoms with van der Waals surface area (Å²) in [5.74, 6) is -1.22. The van der Waals surface area contributed by atoms with Crippen molar-refractivity contribution < 1.29 is 19.5 Å². The zero-order chi connectivity index (χ0) is 17.5. The van der Waals surface area contributed by atoms with Gasteiger partial charge in [0.15, 0.2) is 0 Å². The van der Waals surface area contributed by atoms with Crippen molar-refractivity contribution in [1.82, 2.24) is 10.2 Å². The predicted molar refractivity (Wildman–Crippen MR) is 88.5 cm³/mol. The number of anilines is 1. The number of rotatable bonds is 3. The lowest BCUT2D eigenvalue weighted by molar-refractivity contribution is -0.147. The molecule has 1 atom stereocenters. The first kappa shape index (κ1) is 16.6. The van der Waals surface area contributed by atoms with Crippen molar-refractivity contribution in [2.45, 2.75) is 13.3 Å². The van der Waals surface area contributed by atoms with E-state index in [0.29, 0.717) is 31.7 Å². The minimum atomic E-state index is -0.936. The Bertz CT molecular complexity index is 723. The van der Waals surface area contributed by atoms with Gasteiger partial charge in [-0.05, 0) is 31.5 Å². The molecule has 3 rings (SSSR count). The number of benzene rings is 1. The topological polar surface area (TPSA) is 89.9 Å². The molecule has 0 aliphatic carbocycles. The SMILES string of the molecule is C[C@]1(C(=O)O)CCN(C(=O)c2cc(N3CCNC3=O)ccc2Cl)C1. The smallest absolute Gasteiger partial charge is 0.321 e. The van der Waals surface area contributed by atoms with Crippen molar-refractivity contribution in [1.29, 1.82) is 0 Å². The van der Waals surface area contributed by atoms with Crippen LogP contribution in [0.25, 0.3) is 0 Å². The van der Waals surface area contributed by atoms with Crippen LogP contribution >= 0.6 is 11.6 Å². The monoisotopic (exact) mass is 351 g/mol. The molecule has 0 spiro atoms. The van der Waals surface area contributed by atoms with E-state index in [1.165, 1.54) is 4.90 Å². The summed E-state index contributed by atoms with van der Waals surface area (Å²) in [5.41, 5.74) is -0.0596. The van der Waals surface area contributed by atoms with Crippen LogP contribution in [-0.2, 0) is 4.79 Å². The van der Waals surface area contributed by atoms with Crippen LogP contribution in [0.1, 0.15) is 23.7 Å². The van der Waals surface area contributed by atoms with Crippen molar-refractivity contribution in [3.05, 3.63) is 28.8 Å². The Morgan fingerprint density at radius 2 is 2.08 bits per heavy atom. The van der Waals surface area contributed by atoms with Crippen LogP contribution in [0, 0.1) is 5.41 Å². The first-order chi connectivity index (χ1) is 11.3. The summed E-state index contributed by atoms with van der Waals surface area (Å²) in [6.45, 7) is 3.22. The molecule has 0 unspecified atom stereocenters. The van der Waals surface area contributed by atoms with E-state index in [4.69, 9.17) is 11.6 Å². The van der Waals surface area contributed by atoms with Crippen LogP contribution in [0.5, 0.6) is 0 Å². The summed E-state index contributed by atoms with van der Waals surface area (Å²) in [7, 11) is 0. The Morgan fingerprint density at radius 3 is 2.67 bits per heavy atom. The van der Waals surface area contributed by atoms with E-state index < -0.39 is 11.4 Å². The molecule has 2 heterocycles. The van der Waals surface area contributed by atoms with Gasteiger partial charge in [0.05, 0.1) is 16.0 Å². The molecule has 2 fully saturated rings. The number of carboxylic acids is 1. The molecular weight excluding hydrogens is 334 g/mol. The van der Waals surface area contributed by atoms with Crippen LogP contribution in [0.3, 0.4) is 0 Å². The fourth-order valence-electron chi connectivity index (χ4n) is 3.04. The molecule has 3 amide bonds. The second kappa shape index (κ2) is 5.98. The molecule has 1 aromatic carbocycles. The first-order valence-electron chi connectivity index (χ1n) is 7.69. The molecule has 24 heavy (non-hydrogen) atoms. The Labute approximate surface area is 144 Å². The lowest BCUT2D eigenvalue weighted by atomic mass is 9.90. The minimum Gasteiger partial charge on any atom is -0.481 e. The molecule has 1 aromatic rings. The quantitative estimate of drug-likeness (QED) is 0.869. The van der Waals surface area contributed by atoms with Gasteiger partial charge in [0, 0.05) is 31.9 Å². The van der Waals surface area contributed by atoms with E-state index in [1.54, 1.807) is 30.0 Å². The fraction of sp³-hybridized carbons (Fsp3) is 0.438. The van der Waals surface area contributed by atoms with E-state index in [1.807, 2.05) is 0 Å². The van der Waals surface area contributed by atoms with Crippen molar-refractivity contribution >= 4 is 35.2 Å². The molecule has 2 aliphatic rings. The number of carboxylic acid groups (broad SMARTS) is 1. The molecule has 2 aliphatic heterocycles. The minimum absolute atomic E-state index is 0.145. The Hall–Kier alpha value is -2.28. The number of carbonyl (C=O) groups excluding carboxylic acids is 2. The van der Waals surface area contributed by atoms with Gasteiger partial charge >= 0.3 is 12.0 Å². The number of nitrogens with one attached hydrogen (secondary N) is 1. The largest absolute Gasteiger partial charge is 0.481 e. The van der Waals surface area contributed by atoms with E-state index >= 15 is 0 Å². The van der Waals surface area contributed by atoms with E-state index in [9.17, 15) is 19.5 Å². The maximum atomic E-state index is 12.8. The maximum Gasteiger partial charge on any atom is 0.321 e. The normalized spacial score (nSPS) is 23.5. The fourth-order valence-corrected chi connectivity index (χ4v) is 3.24. The van der Waals surface area contributed by atoms with Crippen LogP contribution in [-0.4, -0.2) is 54.1 Å². The van der Waals surface area contributed by atoms with E-state index in [2.05, 4.69) is 5.32 Å². The van der Waals surface area contributed by atoms with Crippen LogP contribution in [0.2, 0.25) is 5.02 Å². The zero-order valence-corrected chi connectivity index (χ0v) is 14.0. The number of halogens is 1. The number of amides is 3. The second-order valence-electron chi connectivity index (χ2n) is 6.39. The van der Waals surface area contributed by atoms with E-state index in [-0.39, 0.29) is 29.1 Å². The molecule has 8 heteroatoms.